The lowest BCUT2D eigenvalue weighted by Crippen LogP contribution is -2.52. The van der Waals surface area contributed by atoms with E-state index in [-0.39, 0.29) is 11.3 Å². The molecule has 5 nitrogen and oxygen atoms in total. The molecule has 2 saturated heterocycles. The van der Waals surface area contributed by atoms with Crippen LogP contribution in [-0.4, -0.2) is 75.2 Å². The molecule has 5 heteroatoms. The van der Waals surface area contributed by atoms with Gasteiger partial charge in [0.15, 0.2) is 0 Å². The summed E-state index contributed by atoms with van der Waals surface area (Å²) < 4.78 is 5.18. The Morgan fingerprint density at radius 3 is 2.47 bits per heavy atom. The summed E-state index contributed by atoms with van der Waals surface area (Å²) in [6.07, 6.45) is 0. The first-order chi connectivity index (χ1) is 8.09. The molecule has 0 aliphatic carbocycles. The molecule has 17 heavy (non-hydrogen) atoms. The summed E-state index contributed by atoms with van der Waals surface area (Å²) in [5.74, 6) is 0.224. The van der Waals surface area contributed by atoms with Gasteiger partial charge in [0.1, 0.15) is 0 Å². The first-order valence-corrected chi connectivity index (χ1v) is 6.34. The van der Waals surface area contributed by atoms with E-state index in [9.17, 15) is 4.79 Å². The third-order valence-corrected chi connectivity index (χ3v) is 3.59. The Bertz CT molecular complexity index is 271. The van der Waals surface area contributed by atoms with E-state index >= 15 is 0 Å². The third-order valence-electron chi connectivity index (χ3n) is 3.59. The highest BCUT2D eigenvalue weighted by Gasteiger charge is 2.33. The van der Waals surface area contributed by atoms with E-state index in [2.05, 4.69) is 24.2 Å². The summed E-state index contributed by atoms with van der Waals surface area (Å²) in [6, 6.07) is 0. The van der Waals surface area contributed by atoms with Crippen molar-refractivity contribution in [3.63, 3.8) is 0 Å². The molecule has 2 aliphatic heterocycles. The lowest BCUT2D eigenvalue weighted by atomic mass is 9.89. The van der Waals surface area contributed by atoms with Gasteiger partial charge in [-0.15, -0.1) is 0 Å². The van der Waals surface area contributed by atoms with E-state index in [4.69, 9.17) is 4.74 Å². The SMILES string of the molecule is CN1CCN(C(=O)CNCC2(C)COC2)CC1. The molecule has 2 rings (SSSR count). The van der Waals surface area contributed by atoms with Gasteiger partial charge in [-0.25, -0.2) is 0 Å². The average molecular weight is 241 g/mol. The lowest BCUT2D eigenvalue weighted by Gasteiger charge is -2.38. The molecule has 0 aromatic heterocycles. The molecule has 0 spiro atoms. The van der Waals surface area contributed by atoms with Crippen molar-refractivity contribution < 1.29 is 9.53 Å². The smallest absolute Gasteiger partial charge is 0.236 e. The molecule has 0 radical (unpaired) electrons. The summed E-state index contributed by atoms with van der Waals surface area (Å²) in [6.45, 7) is 8.81. The van der Waals surface area contributed by atoms with Gasteiger partial charge >= 0.3 is 0 Å². The summed E-state index contributed by atoms with van der Waals surface area (Å²) in [5, 5.41) is 3.25. The van der Waals surface area contributed by atoms with E-state index in [0.29, 0.717) is 6.54 Å². The third kappa shape index (κ3) is 3.40. The van der Waals surface area contributed by atoms with E-state index in [1.807, 2.05) is 4.90 Å². The zero-order chi connectivity index (χ0) is 12.3. The topological polar surface area (TPSA) is 44.8 Å². The van der Waals surface area contributed by atoms with Crippen LogP contribution in [0.2, 0.25) is 0 Å². The van der Waals surface area contributed by atoms with Crippen LogP contribution < -0.4 is 5.32 Å². The number of nitrogens with one attached hydrogen (secondary N) is 1. The lowest BCUT2D eigenvalue weighted by molar-refractivity contribution is -0.132. The summed E-state index contributed by atoms with van der Waals surface area (Å²) in [7, 11) is 2.09. The number of likely N-dealkylation sites (N-methyl/N-ethyl adjacent to an activating group) is 1. The number of carbonyl (C=O) groups is 1. The maximum Gasteiger partial charge on any atom is 0.236 e. The van der Waals surface area contributed by atoms with Crippen LogP contribution in [-0.2, 0) is 9.53 Å². The summed E-state index contributed by atoms with van der Waals surface area (Å²) >= 11 is 0. The predicted octanol–water partition coefficient (Wildman–Crippen LogP) is -0.613. The second kappa shape index (κ2) is 5.33. The summed E-state index contributed by atoms with van der Waals surface area (Å²) in [4.78, 5) is 16.1. The van der Waals surface area contributed by atoms with E-state index in [0.717, 1.165) is 45.9 Å². The number of amides is 1. The number of ether oxygens (including phenoxy) is 1. The normalized spacial score (nSPS) is 24.5. The van der Waals surface area contributed by atoms with Crippen LogP contribution in [0, 0.1) is 5.41 Å². The zero-order valence-corrected chi connectivity index (χ0v) is 10.9. The molecule has 0 bridgehead atoms. The molecule has 0 aromatic carbocycles. The quantitative estimate of drug-likeness (QED) is 0.713. The van der Waals surface area contributed by atoms with Crippen LogP contribution in [0.5, 0.6) is 0 Å². The van der Waals surface area contributed by atoms with Gasteiger partial charge < -0.3 is 19.9 Å². The van der Waals surface area contributed by atoms with Gasteiger partial charge in [0.05, 0.1) is 19.8 Å². The molecular formula is C12H23N3O2. The Morgan fingerprint density at radius 2 is 1.94 bits per heavy atom. The molecule has 0 saturated carbocycles. The minimum Gasteiger partial charge on any atom is -0.380 e. The van der Waals surface area contributed by atoms with Gasteiger partial charge in [-0.3, -0.25) is 4.79 Å². The Hall–Kier alpha value is -0.650. The number of piperazine rings is 1. The number of nitrogens with zero attached hydrogens (tertiary/aromatic N) is 2. The van der Waals surface area contributed by atoms with Crippen molar-refractivity contribution in [3.05, 3.63) is 0 Å². The number of hydrogen-bond donors (Lipinski definition) is 1. The van der Waals surface area contributed by atoms with Crippen LogP contribution in [0.4, 0.5) is 0 Å². The van der Waals surface area contributed by atoms with Crippen LogP contribution in [0.1, 0.15) is 6.92 Å². The molecule has 0 atom stereocenters. The van der Waals surface area contributed by atoms with Crippen molar-refractivity contribution in [3.8, 4) is 0 Å². The van der Waals surface area contributed by atoms with Crippen molar-refractivity contribution in [1.29, 1.82) is 0 Å². The van der Waals surface area contributed by atoms with Gasteiger partial charge in [-0.2, -0.15) is 0 Å². The van der Waals surface area contributed by atoms with E-state index in [1.165, 1.54) is 0 Å². The molecule has 98 valence electrons. The molecule has 0 aromatic rings. The number of carbonyl (C=O) groups excluding carboxylic acids is 1. The molecule has 0 unspecified atom stereocenters. The molecule has 2 heterocycles. The minimum absolute atomic E-state index is 0.224. The maximum absolute atomic E-state index is 11.9. The zero-order valence-electron chi connectivity index (χ0n) is 10.9. The van der Waals surface area contributed by atoms with Gasteiger partial charge in [-0.1, -0.05) is 6.92 Å². The monoisotopic (exact) mass is 241 g/mol. The second-order valence-electron chi connectivity index (χ2n) is 5.59. The molecule has 2 fully saturated rings. The number of hydrogen-bond acceptors (Lipinski definition) is 4. The fraction of sp³-hybridized carbons (Fsp3) is 0.917. The predicted molar refractivity (Wildman–Crippen MR) is 65.9 cm³/mol. The van der Waals surface area contributed by atoms with Crippen LogP contribution >= 0.6 is 0 Å². The minimum atomic E-state index is 0.224. The average Bonchev–Trinajstić information content (AvgIpc) is 2.27. The van der Waals surface area contributed by atoms with Gasteiger partial charge in [-0.05, 0) is 7.05 Å². The Balaban J connectivity index is 1.63. The first-order valence-electron chi connectivity index (χ1n) is 6.34. The van der Waals surface area contributed by atoms with Crippen LogP contribution in [0.25, 0.3) is 0 Å². The Morgan fingerprint density at radius 1 is 1.29 bits per heavy atom. The molecule has 1 amide bonds. The van der Waals surface area contributed by atoms with Gasteiger partial charge in [0.2, 0.25) is 5.91 Å². The summed E-state index contributed by atoms with van der Waals surface area (Å²) in [5.41, 5.74) is 0.238. The van der Waals surface area contributed by atoms with Crippen molar-refractivity contribution >= 4 is 5.91 Å². The Labute approximate surface area is 103 Å². The van der Waals surface area contributed by atoms with Crippen LogP contribution in [0.15, 0.2) is 0 Å². The largest absolute Gasteiger partial charge is 0.380 e. The van der Waals surface area contributed by atoms with E-state index < -0.39 is 0 Å². The molecule has 2 aliphatic rings. The maximum atomic E-state index is 11.9. The second-order valence-corrected chi connectivity index (χ2v) is 5.59. The number of rotatable bonds is 4. The highest BCUT2D eigenvalue weighted by atomic mass is 16.5. The standard InChI is InChI=1S/C12H23N3O2/c1-12(9-17-10-12)8-13-7-11(16)15-5-3-14(2)4-6-15/h13H,3-10H2,1-2H3. The Kier molecular flexibility index (Phi) is 4.01. The van der Waals surface area contributed by atoms with Crippen LogP contribution in [0.3, 0.4) is 0 Å². The highest BCUT2D eigenvalue weighted by molar-refractivity contribution is 5.78. The molecular weight excluding hydrogens is 218 g/mol. The molecule has 1 N–H and O–H groups in total. The van der Waals surface area contributed by atoms with Gasteiger partial charge in [0, 0.05) is 38.1 Å². The fourth-order valence-electron chi connectivity index (χ4n) is 2.19. The van der Waals surface area contributed by atoms with Gasteiger partial charge in [0.25, 0.3) is 0 Å². The first kappa shape index (κ1) is 12.8. The van der Waals surface area contributed by atoms with Crippen molar-refractivity contribution in [2.75, 3.05) is 59.5 Å². The van der Waals surface area contributed by atoms with E-state index in [1.54, 1.807) is 0 Å². The van der Waals surface area contributed by atoms with Crippen molar-refractivity contribution in [2.24, 2.45) is 5.41 Å². The van der Waals surface area contributed by atoms with Crippen molar-refractivity contribution in [1.82, 2.24) is 15.1 Å². The van der Waals surface area contributed by atoms with Crippen molar-refractivity contribution in [2.45, 2.75) is 6.92 Å². The fourth-order valence-corrected chi connectivity index (χ4v) is 2.19. The highest BCUT2D eigenvalue weighted by Crippen LogP contribution is 2.24.